The summed E-state index contributed by atoms with van der Waals surface area (Å²) in [7, 11) is 0. The van der Waals surface area contributed by atoms with Crippen LogP contribution in [0.2, 0.25) is 0 Å². The zero-order valence-electron chi connectivity index (χ0n) is 22.6. The van der Waals surface area contributed by atoms with Gasteiger partial charge in [0.2, 0.25) is 0 Å². The molecular formula is C37H36. The molecule has 0 saturated heterocycles. The molecular weight excluding hydrogens is 444 g/mol. The van der Waals surface area contributed by atoms with Gasteiger partial charge < -0.3 is 0 Å². The van der Waals surface area contributed by atoms with Crippen LogP contribution in [0.3, 0.4) is 0 Å². The Hall–Kier alpha value is -3.64. The normalized spacial score (nSPS) is 14.3. The lowest BCUT2D eigenvalue weighted by Gasteiger charge is -2.35. The van der Waals surface area contributed by atoms with Gasteiger partial charge in [-0.25, -0.2) is 0 Å². The van der Waals surface area contributed by atoms with Gasteiger partial charge in [-0.2, -0.15) is 0 Å². The molecule has 0 spiro atoms. The van der Waals surface area contributed by atoms with Crippen molar-refractivity contribution in [3.05, 3.63) is 129 Å². The van der Waals surface area contributed by atoms with Crippen molar-refractivity contribution in [1.82, 2.24) is 0 Å². The number of allylic oxidation sites excluding steroid dienone is 2. The molecule has 0 aromatic heterocycles. The van der Waals surface area contributed by atoms with Crippen molar-refractivity contribution in [3.63, 3.8) is 0 Å². The van der Waals surface area contributed by atoms with Crippen LogP contribution in [-0.2, 0) is 12.8 Å². The van der Waals surface area contributed by atoms with Crippen LogP contribution in [0.1, 0.15) is 60.1 Å². The van der Waals surface area contributed by atoms with Gasteiger partial charge in [0.05, 0.1) is 0 Å². The molecule has 184 valence electrons. The first kappa shape index (κ1) is 23.7. The second-order valence-corrected chi connectivity index (χ2v) is 10.9. The Bertz CT molecular complexity index is 1440. The molecule has 0 atom stereocenters. The highest BCUT2D eigenvalue weighted by atomic mass is 14.4. The fraction of sp³-hybridized carbons (Fsp3) is 0.243. The average Bonchev–Trinajstić information content (AvgIpc) is 3.56. The summed E-state index contributed by atoms with van der Waals surface area (Å²) < 4.78 is 0. The highest BCUT2D eigenvalue weighted by Gasteiger charge is 2.39. The summed E-state index contributed by atoms with van der Waals surface area (Å²) in [5.74, 6) is 0. The SMILES string of the molecule is CCC(CC)(C1=Cc2c(cccc2-c2ccccc2C)C1)C1=Cc2c(cccc2-c2ccccc2C)C1. The van der Waals surface area contributed by atoms with Crippen molar-refractivity contribution in [3.8, 4) is 22.3 Å². The van der Waals surface area contributed by atoms with Crippen molar-refractivity contribution in [1.29, 1.82) is 0 Å². The van der Waals surface area contributed by atoms with Crippen LogP contribution >= 0.6 is 0 Å². The highest BCUT2D eigenvalue weighted by molar-refractivity contribution is 5.85. The Morgan fingerprint density at radius 3 is 1.32 bits per heavy atom. The molecule has 6 rings (SSSR count). The predicted molar refractivity (Wildman–Crippen MR) is 160 cm³/mol. The van der Waals surface area contributed by atoms with Crippen LogP contribution in [0.25, 0.3) is 34.4 Å². The molecule has 0 saturated carbocycles. The van der Waals surface area contributed by atoms with Gasteiger partial charge in [0.25, 0.3) is 0 Å². The third-order valence-electron chi connectivity index (χ3n) is 9.10. The van der Waals surface area contributed by atoms with E-state index in [9.17, 15) is 0 Å². The standard InChI is InChI=1S/C37H36/c1-5-37(6-2,29-21-27-15-11-19-33(35(27)23-29)31-17-9-7-13-25(31)3)30-22-28-16-12-20-34(36(28)24-30)32-18-10-8-14-26(32)4/h7-20,23-24H,5-6,21-22H2,1-4H3. The van der Waals surface area contributed by atoms with Crippen LogP contribution in [0.15, 0.2) is 96.1 Å². The van der Waals surface area contributed by atoms with E-state index < -0.39 is 0 Å². The van der Waals surface area contributed by atoms with Crippen LogP contribution in [0.5, 0.6) is 0 Å². The van der Waals surface area contributed by atoms with Gasteiger partial charge in [-0.3, -0.25) is 0 Å². The topological polar surface area (TPSA) is 0 Å². The Kier molecular flexibility index (Phi) is 6.00. The lowest BCUT2D eigenvalue weighted by atomic mass is 9.68. The van der Waals surface area contributed by atoms with E-state index in [0.29, 0.717) is 0 Å². The molecule has 37 heavy (non-hydrogen) atoms. The Balaban J connectivity index is 1.45. The highest BCUT2D eigenvalue weighted by Crippen LogP contribution is 2.52. The Morgan fingerprint density at radius 2 is 0.919 bits per heavy atom. The molecule has 0 heteroatoms. The maximum Gasteiger partial charge on any atom is 0.0129 e. The van der Waals surface area contributed by atoms with Gasteiger partial charge in [-0.05, 0) is 95.2 Å². The second kappa shape index (κ2) is 9.34. The quantitative estimate of drug-likeness (QED) is 0.257. The number of aryl methyl sites for hydroxylation is 2. The molecule has 2 aliphatic carbocycles. The third-order valence-corrected chi connectivity index (χ3v) is 9.10. The first-order chi connectivity index (χ1) is 18.1. The van der Waals surface area contributed by atoms with Crippen LogP contribution < -0.4 is 0 Å². The summed E-state index contributed by atoms with van der Waals surface area (Å²) in [5.41, 5.74) is 17.2. The number of rotatable bonds is 6. The van der Waals surface area contributed by atoms with Gasteiger partial charge in [0, 0.05) is 5.41 Å². The summed E-state index contributed by atoms with van der Waals surface area (Å²) in [6, 6.07) is 31.4. The van der Waals surface area contributed by atoms with Gasteiger partial charge in [-0.1, -0.05) is 122 Å². The van der Waals surface area contributed by atoms with E-state index in [1.165, 1.54) is 55.6 Å². The van der Waals surface area contributed by atoms with Crippen molar-refractivity contribution < 1.29 is 0 Å². The molecule has 0 nitrogen and oxygen atoms in total. The lowest BCUT2D eigenvalue weighted by molar-refractivity contribution is 0.390. The number of fused-ring (bicyclic) bond motifs is 2. The van der Waals surface area contributed by atoms with E-state index in [1.807, 2.05) is 0 Å². The van der Waals surface area contributed by atoms with Gasteiger partial charge in [-0.15, -0.1) is 0 Å². The molecule has 4 aromatic rings. The maximum atomic E-state index is 2.55. The first-order valence-electron chi connectivity index (χ1n) is 13.8. The molecule has 0 N–H and O–H groups in total. The van der Waals surface area contributed by atoms with Crippen LogP contribution in [0.4, 0.5) is 0 Å². The van der Waals surface area contributed by atoms with Gasteiger partial charge in [0.15, 0.2) is 0 Å². The van der Waals surface area contributed by atoms with Crippen molar-refractivity contribution in [2.75, 3.05) is 0 Å². The molecule has 2 aliphatic rings. The Morgan fingerprint density at radius 1 is 0.514 bits per heavy atom. The van der Waals surface area contributed by atoms with Gasteiger partial charge >= 0.3 is 0 Å². The molecule has 0 aliphatic heterocycles. The van der Waals surface area contributed by atoms with E-state index in [2.05, 4.69) is 125 Å². The zero-order valence-corrected chi connectivity index (χ0v) is 22.6. The third kappa shape index (κ3) is 3.82. The minimum Gasteiger partial charge on any atom is -0.0642 e. The van der Waals surface area contributed by atoms with E-state index in [-0.39, 0.29) is 5.41 Å². The smallest absolute Gasteiger partial charge is 0.0129 e. The Labute approximate surface area is 222 Å². The van der Waals surface area contributed by atoms with E-state index in [1.54, 1.807) is 11.1 Å². The molecule has 0 fully saturated rings. The summed E-state index contributed by atoms with van der Waals surface area (Å²) in [4.78, 5) is 0. The summed E-state index contributed by atoms with van der Waals surface area (Å²) in [6.45, 7) is 9.23. The second-order valence-electron chi connectivity index (χ2n) is 10.9. The minimum absolute atomic E-state index is 0.0873. The molecule has 0 bridgehead atoms. The van der Waals surface area contributed by atoms with E-state index in [0.717, 1.165) is 25.7 Å². The fourth-order valence-electron chi connectivity index (χ4n) is 6.94. The molecule has 0 heterocycles. The lowest BCUT2D eigenvalue weighted by Crippen LogP contribution is -2.25. The zero-order chi connectivity index (χ0) is 25.6. The predicted octanol–water partition coefficient (Wildman–Crippen LogP) is 10.0. The summed E-state index contributed by atoms with van der Waals surface area (Å²) in [5, 5.41) is 0. The first-order valence-corrected chi connectivity index (χ1v) is 13.8. The fourth-order valence-corrected chi connectivity index (χ4v) is 6.94. The van der Waals surface area contributed by atoms with Crippen molar-refractivity contribution >= 4 is 12.2 Å². The largest absolute Gasteiger partial charge is 0.0642 e. The van der Waals surface area contributed by atoms with Crippen LogP contribution in [0, 0.1) is 19.3 Å². The number of hydrogen-bond donors (Lipinski definition) is 0. The molecule has 4 aromatic carbocycles. The number of benzene rings is 4. The average molecular weight is 481 g/mol. The van der Waals surface area contributed by atoms with Crippen molar-refractivity contribution in [2.45, 2.75) is 53.4 Å². The maximum absolute atomic E-state index is 2.55. The monoisotopic (exact) mass is 480 g/mol. The summed E-state index contributed by atoms with van der Waals surface area (Å²) in [6.07, 6.45) is 9.46. The van der Waals surface area contributed by atoms with E-state index >= 15 is 0 Å². The number of hydrogen-bond acceptors (Lipinski definition) is 0. The van der Waals surface area contributed by atoms with Gasteiger partial charge in [0.1, 0.15) is 0 Å². The van der Waals surface area contributed by atoms with E-state index in [4.69, 9.17) is 0 Å². The molecule has 0 amide bonds. The summed E-state index contributed by atoms with van der Waals surface area (Å²) >= 11 is 0. The minimum atomic E-state index is 0.0873. The molecule has 0 unspecified atom stereocenters. The van der Waals surface area contributed by atoms with Crippen molar-refractivity contribution in [2.24, 2.45) is 5.41 Å². The van der Waals surface area contributed by atoms with Crippen LogP contribution in [-0.4, -0.2) is 0 Å². The molecule has 0 radical (unpaired) electrons.